The zero-order chi connectivity index (χ0) is 16.8. The molecule has 4 aromatic rings. The van der Waals surface area contributed by atoms with Crippen molar-refractivity contribution in [2.75, 3.05) is 0 Å². The van der Waals surface area contributed by atoms with Crippen LogP contribution in [0, 0.1) is 13.8 Å². The Balaban J connectivity index is 1.70. The molecule has 0 radical (unpaired) electrons. The smallest absolute Gasteiger partial charge is 0.259 e. The second-order valence-electron chi connectivity index (χ2n) is 5.73. The number of thiophene rings is 1. The van der Waals surface area contributed by atoms with Gasteiger partial charge >= 0.3 is 0 Å². The Bertz CT molecular complexity index is 1080. The van der Waals surface area contributed by atoms with Crippen molar-refractivity contribution in [2.45, 2.75) is 31.2 Å². The Kier molecular flexibility index (Phi) is 3.69. The standard InChI is InChI=1S/C17H16N4OS2/c1-8-9(2)23-16-13(8)15(22)20-14(21-16)10(3)24-17-18-11-6-4-5-7-12(11)19-17/h4-7,10H,1-3H3,(H,18,19)(H,20,21,22)/t10-/m1/s1. The summed E-state index contributed by atoms with van der Waals surface area (Å²) in [5.41, 5.74) is 2.91. The van der Waals surface area contributed by atoms with E-state index in [4.69, 9.17) is 0 Å². The Morgan fingerprint density at radius 2 is 1.96 bits per heavy atom. The molecule has 7 heteroatoms. The largest absolute Gasteiger partial charge is 0.333 e. The molecular weight excluding hydrogens is 340 g/mol. The molecule has 3 heterocycles. The molecule has 24 heavy (non-hydrogen) atoms. The molecular formula is C17H16N4OS2. The molecule has 0 amide bonds. The molecule has 0 bridgehead atoms. The molecule has 122 valence electrons. The number of para-hydroxylation sites is 2. The van der Waals surface area contributed by atoms with Gasteiger partial charge in [-0.15, -0.1) is 11.3 Å². The maximum atomic E-state index is 12.4. The lowest BCUT2D eigenvalue weighted by Crippen LogP contribution is -2.12. The van der Waals surface area contributed by atoms with E-state index in [2.05, 4.69) is 19.9 Å². The van der Waals surface area contributed by atoms with E-state index in [1.54, 1.807) is 23.1 Å². The summed E-state index contributed by atoms with van der Waals surface area (Å²) in [6.45, 7) is 6.01. The van der Waals surface area contributed by atoms with Gasteiger partial charge in [-0.2, -0.15) is 0 Å². The molecule has 0 unspecified atom stereocenters. The molecule has 0 aliphatic rings. The monoisotopic (exact) mass is 356 g/mol. The predicted molar refractivity (Wildman–Crippen MR) is 100 cm³/mol. The molecule has 5 nitrogen and oxygen atoms in total. The van der Waals surface area contributed by atoms with Crippen molar-refractivity contribution in [1.82, 2.24) is 19.9 Å². The van der Waals surface area contributed by atoms with E-state index in [1.165, 1.54) is 0 Å². The Morgan fingerprint density at radius 3 is 2.75 bits per heavy atom. The number of thioether (sulfide) groups is 1. The molecule has 0 aliphatic carbocycles. The van der Waals surface area contributed by atoms with E-state index in [-0.39, 0.29) is 10.8 Å². The van der Waals surface area contributed by atoms with Gasteiger partial charge in [0.05, 0.1) is 21.7 Å². The van der Waals surface area contributed by atoms with Crippen LogP contribution >= 0.6 is 23.1 Å². The molecule has 1 atom stereocenters. The van der Waals surface area contributed by atoms with Crippen molar-refractivity contribution in [1.29, 1.82) is 0 Å². The van der Waals surface area contributed by atoms with Gasteiger partial charge in [-0.25, -0.2) is 9.97 Å². The van der Waals surface area contributed by atoms with E-state index in [0.717, 1.165) is 31.5 Å². The summed E-state index contributed by atoms with van der Waals surface area (Å²) in [7, 11) is 0. The van der Waals surface area contributed by atoms with Crippen LogP contribution in [0.4, 0.5) is 0 Å². The normalized spacial score (nSPS) is 13.0. The number of rotatable bonds is 3. The molecule has 0 spiro atoms. The Morgan fingerprint density at radius 1 is 1.17 bits per heavy atom. The van der Waals surface area contributed by atoms with Crippen molar-refractivity contribution >= 4 is 44.3 Å². The number of hydrogen-bond acceptors (Lipinski definition) is 5. The first kappa shape index (κ1) is 15.4. The fourth-order valence-electron chi connectivity index (χ4n) is 2.67. The van der Waals surface area contributed by atoms with Crippen LogP contribution in [-0.4, -0.2) is 19.9 Å². The molecule has 3 aromatic heterocycles. The molecule has 0 saturated heterocycles. The van der Waals surface area contributed by atoms with Crippen molar-refractivity contribution in [3.05, 3.63) is 50.9 Å². The zero-order valence-electron chi connectivity index (χ0n) is 13.5. The average Bonchev–Trinajstić information content (AvgIpc) is 3.08. The highest BCUT2D eigenvalue weighted by Crippen LogP contribution is 2.33. The number of nitrogens with zero attached hydrogens (tertiary/aromatic N) is 2. The minimum absolute atomic E-state index is 0.00891. The summed E-state index contributed by atoms with van der Waals surface area (Å²) in [5.74, 6) is 0.680. The minimum Gasteiger partial charge on any atom is -0.333 e. The topological polar surface area (TPSA) is 74.4 Å². The van der Waals surface area contributed by atoms with Crippen molar-refractivity contribution in [2.24, 2.45) is 0 Å². The second-order valence-corrected chi connectivity index (χ2v) is 8.27. The van der Waals surface area contributed by atoms with Gasteiger partial charge in [0, 0.05) is 4.88 Å². The predicted octanol–water partition coefficient (Wildman–Crippen LogP) is 4.33. The summed E-state index contributed by atoms with van der Waals surface area (Å²) >= 11 is 3.13. The number of nitrogens with one attached hydrogen (secondary N) is 2. The highest BCUT2D eigenvalue weighted by Gasteiger charge is 2.17. The molecule has 4 rings (SSSR count). The van der Waals surface area contributed by atoms with Gasteiger partial charge in [-0.1, -0.05) is 23.9 Å². The van der Waals surface area contributed by atoms with Gasteiger partial charge in [0.15, 0.2) is 5.16 Å². The van der Waals surface area contributed by atoms with Crippen LogP contribution in [-0.2, 0) is 0 Å². The number of fused-ring (bicyclic) bond motifs is 2. The third-order valence-electron chi connectivity index (χ3n) is 4.10. The zero-order valence-corrected chi connectivity index (χ0v) is 15.1. The highest BCUT2D eigenvalue weighted by atomic mass is 32.2. The van der Waals surface area contributed by atoms with Gasteiger partial charge in [-0.05, 0) is 38.5 Å². The summed E-state index contributed by atoms with van der Waals surface area (Å²) in [6, 6.07) is 7.92. The van der Waals surface area contributed by atoms with Gasteiger partial charge in [0.1, 0.15) is 10.7 Å². The quantitative estimate of drug-likeness (QED) is 0.536. The molecule has 0 saturated carbocycles. The minimum atomic E-state index is -0.0612. The van der Waals surface area contributed by atoms with Crippen molar-refractivity contribution < 1.29 is 0 Å². The Labute approximate surface area is 146 Å². The number of aryl methyl sites for hydroxylation is 2. The van der Waals surface area contributed by atoms with Crippen LogP contribution < -0.4 is 5.56 Å². The number of aromatic amines is 2. The lowest BCUT2D eigenvalue weighted by molar-refractivity contribution is 0.916. The van der Waals surface area contributed by atoms with Gasteiger partial charge in [0.2, 0.25) is 0 Å². The number of hydrogen-bond donors (Lipinski definition) is 2. The van der Waals surface area contributed by atoms with Gasteiger partial charge < -0.3 is 9.97 Å². The summed E-state index contributed by atoms with van der Waals surface area (Å²) < 4.78 is 0. The number of imidazole rings is 1. The summed E-state index contributed by atoms with van der Waals surface area (Å²) in [4.78, 5) is 29.8. The number of H-pyrrole nitrogens is 2. The third kappa shape index (κ3) is 2.53. The van der Waals surface area contributed by atoms with E-state index >= 15 is 0 Å². The highest BCUT2D eigenvalue weighted by molar-refractivity contribution is 7.99. The lowest BCUT2D eigenvalue weighted by Gasteiger charge is -2.08. The van der Waals surface area contributed by atoms with Gasteiger partial charge in [0.25, 0.3) is 5.56 Å². The fraction of sp³-hybridized carbons (Fsp3) is 0.235. The van der Waals surface area contributed by atoms with E-state index < -0.39 is 0 Å². The average molecular weight is 356 g/mol. The first-order chi connectivity index (χ1) is 11.5. The molecule has 0 aliphatic heterocycles. The van der Waals surface area contributed by atoms with Gasteiger partial charge in [-0.3, -0.25) is 4.79 Å². The van der Waals surface area contributed by atoms with Crippen LogP contribution in [0.5, 0.6) is 0 Å². The van der Waals surface area contributed by atoms with E-state index in [1.807, 2.05) is 45.0 Å². The van der Waals surface area contributed by atoms with Crippen LogP contribution in [0.3, 0.4) is 0 Å². The SMILES string of the molecule is Cc1sc2nc([C@@H](C)Sc3nc4ccccc4[nH]3)[nH]c(=O)c2c1C. The number of aromatic nitrogens is 4. The van der Waals surface area contributed by atoms with E-state index in [9.17, 15) is 4.79 Å². The van der Waals surface area contributed by atoms with Crippen LogP contribution in [0.1, 0.15) is 28.4 Å². The summed E-state index contributed by atoms with van der Waals surface area (Å²) in [5, 5.41) is 1.53. The maximum absolute atomic E-state index is 12.4. The van der Waals surface area contributed by atoms with Crippen molar-refractivity contribution in [3.63, 3.8) is 0 Å². The fourth-order valence-corrected chi connectivity index (χ4v) is 4.59. The first-order valence-electron chi connectivity index (χ1n) is 7.64. The van der Waals surface area contributed by atoms with Crippen LogP contribution in [0.25, 0.3) is 21.3 Å². The molecule has 0 fully saturated rings. The van der Waals surface area contributed by atoms with E-state index in [0.29, 0.717) is 11.2 Å². The third-order valence-corrected chi connectivity index (χ3v) is 6.19. The molecule has 2 N–H and O–H groups in total. The maximum Gasteiger partial charge on any atom is 0.259 e. The van der Waals surface area contributed by atoms with Crippen LogP contribution in [0.2, 0.25) is 0 Å². The molecule has 1 aromatic carbocycles. The number of benzene rings is 1. The second kappa shape index (κ2) is 5.75. The van der Waals surface area contributed by atoms with Crippen LogP contribution in [0.15, 0.2) is 34.2 Å². The van der Waals surface area contributed by atoms with Crippen molar-refractivity contribution in [3.8, 4) is 0 Å². The Hall–Kier alpha value is -2.12. The lowest BCUT2D eigenvalue weighted by atomic mass is 10.2. The first-order valence-corrected chi connectivity index (χ1v) is 9.34. The summed E-state index contributed by atoms with van der Waals surface area (Å²) in [6.07, 6.45) is 0.